The highest BCUT2D eigenvalue weighted by atomic mass is 19.4. The lowest BCUT2D eigenvalue weighted by Crippen LogP contribution is -2.35. The third-order valence-electron chi connectivity index (χ3n) is 2.35. The number of nitrogens with zero attached hydrogens (tertiary/aromatic N) is 2. The zero-order valence-corrected chi connectivity index (χ0v) is 9.88. The van der Waals surface area contributed by atoms with Crippen LogP contribution >= 0.6 is 0 Å². The third-order valence-corrected chi connectivity index (χ3v) is 2.35. The van der Waals surface area contributed by atoms with Gasteiger partial charge < -0.3 is 10.2 Å². The predicted molar refractivity (Wildman–Crippen MR) is 60.9 cm³/mol. The van der Waals surface area contributed by atoms with Gasteiger partial charge in [-0.15, -0.1) is 0 Å². The summed E-state index contributed by atoms with van der Waals surface area (Å²) in [4.78, 5) is 5.17. The maximum Gasteiger partial charge on any atom is 0.405 e. The van der Waals surface area contributed by atoms with E-state index >= 15 is 0 Å². The van der Waals surface area contributed by atoms with E-state index in [0.29, 0.717) is 18.8 Å². The van der Waals surface area contributed by atoms with E-state index in [4.69, 9.17) is 0 Å². The Morgan fingerprint density at radius 1 is 1.41 bits per heavy atom. The molecular formula is C11H16F3N3. The minimum absolute atomic E-state index is 0.294. The van der Waals surface area contributed by atoms with Crippen LogP contribution in [-0.4, -0.2) is 31.3 Å². The Hall–Kier alpha value is -1.30. The molecule has 6 heteroatoms. The number of hydrogen-bond donors (Lipinski definition) is 1. The van der Waals surface area contributed by atoms with Crippen LogP contribution in [0.15, 0.2) is 18.5 Å². The molecule has 0 amide bonds. The highest BCUT2D eigenvalue weighted by molar-refractivity contribution is 5.51. The molecule has 0 spiro atoms. The lowest BCUT2D eigenvalue weighted by atomic mass is 10.2. The second-order valence-electron chi connectivity index (χ2n) is 3.66. The lowest BCUT2D eigenvalue weighted by Gasteiger charge is -2.26. The van der Waals surface area contributed by atoms with Gasteiger partial charge in [0.2, 0.25) is 0 Å². The molecule has 0 saturated heterocycles. The first-order valence-electron chi connectivity index (χ1n) is 5.37. The fourth-order valence-corrected chi connectivity index (χ4v) is 1.62. The van der Waals surface area contributed by atoms with Crippen molar-refractivity contribution in [1.82, 2.24) is 10.3 Å². The SMILES string of the molecule is CCN(CC(F)(F)F)c1cnccc1CNC. The smallest absolute Gasteiger partial charge is 0.361 e. The maximum atomic E-state index is 12.4. The molecule has 1 aromatic heterocycles. The van der Waals surface area contributed by atoms with Gasteiger partial charge in [-0.2, -0.15) is 13.2 Å². The van der Waals surface area contributed by atoms with E-state index in [1.165, 1.54) is 11.1 Å². The van der Waals surface area contributed by atoms with Crippen molar-refractivity contribution in [3.8, 4) is 0 Å². The predicted octanol–water partition coefficient (Wildman–Crippen LogP) is 2.19. The van der Waals surface area contributed by atoms with Crippen LogP contribution in [0.4, 0.5) is 18.9 Å². The fraction of sp³-hybridized carbons (Fsp3) is 0.545. The summed E-state index contributed by atoms with van der Waals surface area (Å²) >= 11 is 0. The van der Waals surface area contributed by atoms with Gasteiger partial charge in [0.05, 0.1) is 11.9 Å². The Balaban J connectivity index is 2.94. The summed E-state index contributed by atoms with van der Waals surface area (Å²) in [5.41, 5.74) is 1.34. The van der Waals surface area contributed by atoms with E-state index in [0.717, 1.165) is 5.56 Å². The van der Waals surface area contributed by atoms with Crippen LogP contribution in [0.5, 0.6) is 0 Å². The molecule has 0 unspecified atom stereocenters. The molecule has 1 N–H and O–H groups in total. The first-order valence-corrected chi connectivity index (χ1v) is 5.37. The third kappa shape index (κ3) is 4.22. The van der Waals surface area contributed by atoms with Crippen molar-refractivity contribution in [2.45, 2.75) is 19.6 Å². The number of nitrogens with one attached hydrogen (secondary N) is 1. The van der Waals surface area contributed by atoms with Crippen molar-refractivity contribution >= 4 is 5.69 Å². The molecule has 1 rings (SSSR count). The summed E-state index contributed by atoms with van der Waals surface area (Å²) in [7, 11) is 1.75. The minimum atomic E-state index is -4.21. The lowest BCUT2D eigenvalue weighted by molar-refractivity contribution is -0.119. The molecule has 0 aliphatic heterocycles. The minimum Gasteiger partial charge on any atom is -0.361 e. The molecule has 0 aromatic carbocycles. The summed E-state index contributed by atoms with van der Waals surface area (Å²) in [6.07, 6.45) is -1.15. The van der Waals surface area contributed by atoms with Gasteiger partial charge in [0.15, 0.2) is 0 Å². The highest BCUT2D eigenvalue weighted by Gasteiger charge is 2.31. The van der Waals surface area contributed by atoms with Crippen LogP contribution in [-0.2, 0) is 6.54 Å². The number of aromatic nitrogens is 1. The van der Waals surface area contributed by atoms with Crippen LogP contribution in [0.3, 0.4) is 0 Å². The topological polar surface area (TPSA) is 28.2 Å². The molecule has 0 aliphatic rings. The Morgan fingerprint density at radius 2 is 2.12 bits per heavy atom. The van der Waals surface area contributed by atoms with Gasteiger partial charge in [-0.1, -0.05) is 0 Å². The molecule has 96 valence electrons. The van der Waals surface area contributed by atoms with E-state index in [9.17, 15) is 13.2 Å². The van der Waals surface area contributed by atoms with E-state index in [-0.39, 0.29) is 0 Å². The number of rotatable bonds is 5. The monoisotopic (exact) mass is 247 g/mol. The van der Waals surface area contributed by atoms with Gasteiger partial charge >= 0.3 is 6.18 Å². The zero-order chi connectivity index (χ0) is 12.9. The molecule has 3 nitrogen and oxygen atoms in total. The first kappa shape index (κ1) is 13.8. The standard InChI is InChI=1S/C11H16F3N3/c1-3-17(8-11(12,13)14)10-7-16-5-4-9(10)6-15-2/h4-5,7,15H,3,6,8H2,1-2H3. The quantitative estimate of drug-likeness (QED) is 0.864. The van der Waals surface area contributed by atoms with E-state index in [1.54, 1.807) is 26.2 Å². The van der Waals surface area contributed by atoms with Crippen molar-refractivity contribution in [2.24, 2.45) is 0 Å². The second-order valence-corrected chi connectivity index (χ2v) is 3.66. The van der Waals surface area contributed by atoms with E-state index in [2.05, 4.69) is 10.3 Å². The summed E-state index contributed by atoms with van der Waals surface area (Å²) in [6, 6.07) is 1.73. The van der Waals surface area contributed by atoms with Gasteiger partial charge in [0, 0.05) is 19.3 Å². The molecule has 0 atom stereocenters. The summed E-state index contributed by atoms with van der Waals surface area (Å²) in [5, 5.41) is 2.93. The molecule has 0 radical (unpaired) electrons. The first-order chi connectivity index (χ1) is 7.98. The normalized spacial score (nSPS) is 11.6. The number of hydrogen-bond acceptors (Lipinski definition) is 3. The molecule has 0 bridgehead atoms. The van der Waals surface area contributed by atoms with Crippen molar-refractivity contribution in [2.75, 3.05) is 25.0 Å². The molecule has 17 heavy (non-hydrogen) atoms. The van der Waals surface area contributed by atoms with Gasteiger partial charge in [0.1, 0.15) is 6.54 Å². The second kappa shape index (κ2) is 5.86. The fourth-order valence-electron chi connectivity index (χ4n) is 1.62. The van der Waals surface area contributed by atoms with Gasteiger partial charge in [0.25, 0.3) is 0 Å². The molecule has 1 heterocycles. The summed E-state index contributed by atoms with van der Waals surface area (Å²) in [6.45, 7) is 1.56. The number of anilines is 1. The highest BCUT2D eigenvalue weighted by Crippen LogP contribution is 2.24. The van der Waals surface area contributed by atoms with Gasteiger partial charge in [-0.3, -0.25) is 4.98 Å². The van der Waals surface area contributed by atoms with Crippen LogP contribution in [0, 0.1) is 0 Å². The number of halogens is 3. The van der Waals surface area contributed by atoms with E-state index < -0.39 is 12.7 Å². The molecule has 0 aliphatic carbocycles. The molecule has 1 aromatic rings. The van der Waals surface area contributed by atoms with Crippen molar-refractivity contribution in [3.05, 3.63) is 24.0 Å². The average Bonchev–Trinajstić information content (AvgIpc) is 2.26. The molecular weight excluding hydrogens is 231 g/mol. The van der Waals surface area contributed by atoms with Crippen molar-refractivity contribution in [1.29, 1.82) is 0 Å². The van der Waals surface area contributed by atoms with Crippen LogP contribution in [0.2, 0.25) is 0 Å². The van der Waals surface area contributed by atoms with Crippen molar-refractivity contribution < 1.29 is 13.2 Å². The number of alkyl halides is 3. The molecule has 0 fully saturated rings. The zero-order valence-electron chi connectivity index (χ0n) is 9.88. The summed E-state index contributed by atoms with van der Waals surface area (Å²) in [5.74, 6) is 0. The average molecular weight is 247 g/mol. The van der Waals surface area contributed by atoms with Crippen LogP contribution < -0.4 is 10.2 Å². The Bertz CT molecular complexity index is 352. The number of pyridine rings is 1. The van der Waals surface area contributed by atoms with Crippen LogP contribution in [0.25, 0.3) is 0 Å². The Morgan fingerprint density at radius 3 is 2.65 bits per heavy atom. The Kier molecular flexibility index (Phi) is 4.74. The Labute approximate surface area is 98.6 Å². The van der Waals surface area contributed by atoms with Crippen LogP contribution in [0.1, 0.15) is 12.5 Å². The largest absolute Gasteiger partial charge is 0.405 e. The van der Waals surface area contributed by atoms with Crippen molar-refractivity contribution in [3.63, 3.8) is 0 Å². The van der Waals surface area contributed by atoms with Gasteiger partial charge in [-0.25, -0.2) is 0 Å². The maximum absolute atomic E-state index is 12.4. The summed E-state index contributed by atoms with van der Waals surface area (Å²) < 4.78 is 37.3. The molecule has 0 saturated carbocycles. The van der Waals surface area contributed by atoms with Gasteiger partial charge in [-0.05, 0) is 25.6 Å². The van der Waals surface area contributed by atoms with E-state index in [1.807, 2.05) is 0 Å².